The predicted molar refractivity (Wildman–Crippen MR) is 93.0 cm³/mol. The van der Waals surface area contributed by atoms with Gasteiger partial charge in [0.15, 0.2) is 0 Å². The van der Waals surface area contributed by atoms with Crippen LogP contribution < -0.4 is 0 Å². The highest BCUT2D eigenvalue weighted by Gasteiger charge is 2.16. The molecule has 0 unspecified atom stereocenters. The maximum absolute atomic E-state index is 2.60. The number of hydrogen-bond donors (Lipinski definition) is 0. The summed E-state index contributed by atoms with van der Waals surface area (Å²) in [5, 5.41) is 0. The zero-order chi connectivity index (χ0) is 15.2. The minimum atomic E-state index is 1.09. The van der Waals surface area contributed by atoms with Crippen molar-refractivity contribution in [1.82, 2.24) is 9.80 Å². The molecule has 0 atom stereocenters. The fourth-order valence-electron chi connectivity index (χ4n) is 3.05. The minimum absolute atomic E-state index is 1.09. The van der Waals surface area contributed by atoms with Crippen LogP contribution in [0.3, 0.4) is 0 Å². The van der Waals surface area contributed by atoms with E-state index in [2.05, 4.69) is 71.3 Å². The van der Waals surface area contributed by atoms with Crippen LogP contribution in [0.4, 0.5) is 0 Å². The lowest BCUT2D eigenvalue weighted by Crippen LogP contribution is -2.46. The smallest absolute Gasteiger partial charge is 0.0234 e. The van der Waals surface area contributed by atoms with E-state index in [0.717, 1.165) is 6.54 Å². The molecule has 1 saturated heterocycles. The van der Waals surface area contributed by atoms with Crippen LogP contribution in [-0.4, -0.2) is 42.5 Å². The molecular formula is C20H26N2. The molecule has 1 aliphatic heterocycles. The average molecular weight is 294 g/mol. The van der Waals surface area contributed by atoms with Crippen molar-refractivity contribution in [2.24, 2.45) is 0 Å². The van der Waals surface area contributed by atoms with E-state index < -0.39 is 0 Å². The van der Waals surface area contributed by atoms with Crippen molar-refractivity contribution in [3.8, 4) is 0 Å². The van der Waals surface area contributed by atoms with Crippen LogP contribution in [0.2, 0.25) is 0 Å². The molecule has 0 N–H and O–H groups in total. The van der Waals surface area contributed by atoms with Crippen molar-refractivity contribution in [3.63, 3.8) is 0 Å². The number of aryl methyl sites for hydroxylation is 1. The Morgan fingerprint density at radius 2 is 1.36 bits per heavy atom. The van der Waals surface area contributed by atoms with Crippen molar-refractivity contribution in [2.75, 3.05) is 32.7 Å². The first-order valence-electron chi connectivity index (χ1n) is 8.34. The molecule has 0 saturated carbocycles. The number of rotatable bonds is 5. The summed E-state index contributed by atoms with van der Waals surface area (Å²) in [5.41, 5.74) is 4.23. The fraction of sp³-hybridized carbons (Fsp3) is 0.400. The molecular weight excluding hydrogens is 268 g/mol. The van der Waals surface area contributed by atoms with E-state index in [-0.39, 0.29) is 0 Å². The Morgan fingerprint density at radius 1 is 0.727 bits per heavy atom. The van der Waals surface area contributed by atoms with Crippen LogP contribution >= 0.6 is 0 Å². The molecule has 1 aliphatic rings. The topological polar surface area (TPSA) is 6.48 Å². The molecule has 2 heteroatoms. The Morgan fingerprint density at radius 3 is 2.05 bits per heavy atom. The molecule has 1 fully saturated rings. The Kier molecular flexibility index (Phi) is 5.25. The SMILES string of the molecule is Cc1ccc(CCN2CCN(Cc3ccccc3)CC2)cc1. The average Bonchev–Trinajstić information content (AvgIpc) is 2.57. The van der Waals surface area contributed by atoms with Gasteiger partial charge >= 0.3 is 0 Å². The lowest BCUT2D eigenvalue weighted by atomic mass is 10.1. The van der Waals surface area contributed by atoms with Crippen LogP contribution in [0.25, 0.3) is 0 Å². The summed E-state index contributed by atoms with van der Waals surface area (Å²) in [4.78, 5) is 5.17. The normalized spacial score (nSPS) is 16.8. The molecule has 0 amide bonds. The first-order valence-corrected chi connectivity index (χ1v) is 8.34. The van der Waals surface area contributed by atoms with Crippen molar-refractivity contribution in [3.05, 3.63) is 71.3 Å². The van der Waals surface area contributed by atoms with Gasteiger partial charge in [0.2, 0.25) is 0 Å². The molecule has 3 rings (SSSR count). The molecule has 2 nitrogen and oxygen atoms in total. The van der Waals surface area contributed by atoms with Gasteiger partial charge in [-0.05, 0) is 24.5 Å². The van der Waals surface area contributed by atoms with Crippen molar-refractivity contribution in [1.29, 1.82) is 0 Å². The van der Waals surface area contributed by atoms with Crippen LogP contribution in [0.15, 0.2) is 54.6 Å². The molecule has 0 bridgehead atoms. The monoisotopic (exact) mass is 294 g/mol. The van der Waals surface area contributed by atoms with E-state index in [1.54, 1.807) is 0 Å². The summed E-state index contributed by atoms with van der Waals surface area (Å²) in [6, 6.07) is 19.8. The van der Waals surface area contributed by atoms with Gasteiger partial charge in [0.1, 0.15) is 0 Å². The van der Waals surface area contributed by atoms with Crippen molar-refractivity contribution < 1.29 is 0 Å². The van der Waals surface area contributed by atoms with Crippen LogP contribution in [0, 0.1) is 6.92 Å². The van der Waals surface area contributed by atoms with E-state index in [9.17, 15) is 0 Å². The van der Waals surface area contributed by atoms with Gasteiger partial charge in [-0.3, -0.25) is 4.90 Å². The molecule has 22 heavy (non-hydrogen) atoms. The molecule has 0 aromatic heterocycles. The summed E-state index contributed by atoms with van der Waals surface area (Å²) in [5.74, 6) is 0. The number of piperazine rings is 1. The zero-order valence-electron chi connectivity index (χ0n) is 13.5. The second kappa shape index (κ2) is 7.57. The highest BCUT2D eigenvalue weighted by molar-refractivity contribution is 5.21. The predicted octanol–water partition coefficient (Wildman–Crippen LogP) is 3.36. The molecule has 116 valence electrons. The van der Waals surface area contributed by atoms with Gasteiger partial charge in [0.05, 0.1) is 0 Å². The first kappa shape index (κ1) is 15.3. The first-order chi connectivity index (χ1) is 10.8. The Labute approximate surface area is 134 Å². The lowest BCUT2D eigenvalue weighted by molar-refractivity contribution is 0.128. The Bertz CT molecular complexity index is 554. The van der Waals surface area contributed by atoms with Crippen LogP contribution in [-0.2, 0) is 13.0 Å². The van der Waals surface area contributed by atoms with Gasteiger partial charge in [-0.2, -0.15) is 0 Å². The third-order valence-electron chi connectivity index (χ3n) is 4.55. The van der Waals surface area contributed by atoms with Gasteiger partial charge < -0.3 is 4.90 Å². The van der Waals surface area contributed by atoms with E-state index >= 15 is 0 Å². The molecule has 2 aromatic carbocycles. The zero-order valence-corrected chi connectivity index (χ0v) is 13.5. The summed E-state index contributed by atoms with van der Waals surface area (Å²) < 4.78 is 0. The lowest BCUT2D eigenvalue weighted by Gasteiger charge is -2.34. The van der Waals surface area contributed by atoms with Crippen LogP contribution in [0.5, 0.6) is 0 Å². The van der Waals surface area contributed by atoms with E-state index in [0.29, 0.717) is 0 Å². The van der Waals surface area contributed by atoms with Crippen molar-refractivity contribution >= 4 is 0 Å². The van der Waals surface area contributed by atoms with E-state index in [4.69, 9.17) is 0 Å². The summed E-state index contributed by atoms with van der Waals surface area (Å²) in [7, 11) is 0. The number of hydrogen-bond acceptors (Lipinski definition) is 2. The van der Waals surface area contributed by atoms with Crippen molar-refractivity contribution in [2.45, 2.75) is 19.9 Å². The number of nitrogens with zero attached hydrogens (tertiary/aromatic N) is 2. The summed E-state index contributed by atoms with van der Waals surface area (Å²) in [6.45, 7) is 9.17. The third kappa shape index (κ3) is 4.43. The van der Waals surface area contributed by atoms with Gasteiger partial charge in [-0.1, -0.05) is 60.2 Å². The van der Waals surface area contributed by atoms with Gasteiger partial charge in [-0.25, -0.2) is 0 Å². The summed E-state index contributed by atoms with van der Waals surface area (Å²) >= 11 is 0. The molecule has 2 aromatic rings. The number of benzene rings is 2. The highest BCUT2D eigenvalue weighted by Crippen LogP contribution is 2.10. The largest absolute Gasteiger partial charge is 0.300 e. The molecule has 0 radical (unpaired) electrons. The standard InChI is InChI=1S/C20H26N2/c1-18-7-9-19(10-8-18)11-12-21-13-15-22(16-14-21)17-20-5-3-2-4-6-20/h2-10H,11-17H2,1H3. The maximum Gasteiger partial charge on any atom is 0.0234 e. The molecule has 0 aliphatic carbocycles. The van der Waals surface area contributed by atoms with Gasteiger partial charge in [-0.15, -0.1) is 0 Å². The highest BCUT2D eigenvalue weighted by atomic mass is 15.3. The molecule has 0 spiro atoms. The quantitative estimate of drug-likeness (QED) is 0.834. The minimum Gasteiger partial charge on any atom is -0.300 e. The van der Waals surface area contributed by atoms with Gasteiger partial charge in [0, 0.05) is 39.3 Å². The fourth-order valence-corrected chi connectivity index (χ4v) is 3.05. The maximum atomic E-state index is 2.60. The Hall–Kier alpha value is -1.64. The second-order valence-electron chi connectivity index (χ2n) is 6.34. The van der Waals surface area contributed by atoms with Crippen LogP contribution in [0.1, 0.15) is 16.7 Å². The third-order valence-corrected chi connectivity index (χ3v) is 4.55. The summed E-state index contributed by atoms with van der Waals surface area (Å²) in [6.07, 6.45) is 1.17. The Balaban J connectivity index is 1.41. The molecule has 1 heterocycles. The second-order valence-corrected chi connectivity index (χ2v) is 6.34. The van der Waals surface area contributed by atoms with Gasteiger partial charge in [0.25, 0.3) is 0 Å². The van der Waals surface area contributed by atoms with E-state index in [1.165, 1.54) is 55.8 Å². The van der Waals surface area contributed by atoms with E-state index in [1.807, 2.05) is 0 Å².